The van der Waals surface area contributed by atoms with Crippen molar-refractivity contribution in [3.63, 3.8) is 0 Å². The molecular formula is C17H32N2. The van der Waals surface area contributed by atoms with Gasteiger partial charge >= 0.3 is 0 Å². The van der Waals surface area contributed by atoms with Crippen LogP contribution < -0.4 is 5.73 Å². The molecule has 2 aliphatic rings. The van der Waals surface area contributed by atoms with Crippen molar-refractivity contribution < 1.29 is 0 Å². The Balaban J connectivity index is 1.90. The zero-order valence-corrected chi connectivity index (χ0v) is 13.3. The largest absolute Gasteiger partial charge is 0.324 e. The lowest BCUT2D eigenvalue weighted by Gasteiger charge is -2.42. The molecular weight excluding hydrogens is 232 g/mol. The topological polar surface area (TPSA) is 29.3 Å². The SMILES string of the molecule is CC1CCCC(N)(CN2CC=C(C(C)(C)C)CC2)C1. The second kappa shape index (κ2) is 5.57. The summed E-state index contributed by atoms with van der Waals surface area (Å²) in [6.45, 7) is 12.7. The van der Waals surface area contributed by atoms with Gasteiger partial charge in [0.2, 0.25) is 0 Å². The van der Waals surface area contributed by atoms with E-state index in [0.717, 1.165) is 19.0 Å². The predicted octanol–water partition coefficient (Wildman–Crippen LogP) is 3.57. The maximum absolute atomic E-state index is 6.64. The molecule has 2 nitrogen and oxygen atoms in total. The average Bonchev–Trinajstić information content (AvgIpc) is 2.27. The maximum atomic E-state index is 6.64. The minimum absolute atomic E-state index is 0.0741. The summed E-state index contributed by atoms with van der Waals surface area (Å²) in [4.78, 5) is 2.56. The van der Waals surface area contributed by atoms with E-state index in [-0.39, 0.29) is 5.54 Å². The molecule has 0 aromatic heterocycles. The van der Waals surface area contributed by atoms with Crippen LogP contribution in [0.25, 0.3) is 0 Å². The first-order chi connectivity index (χ1) is 8.78. The second-order valence-electron chi connectivity index (χ2n) is 8.03. The molecule has 1 aliphatic heterocycles. The van der Waals surface area contributed by atoms with Crippen LogP contribution in [0, 0.1) is 11.3 Å². The van der Waals surface area contributed by atoms with Gasteiger partial charge in [-0.2, -0.15) is 0 Å². The molecule has 19 heavy (non-hydrogen) atoms. The van der Waals surface area contributed by atoms with E-state index in [1.807, 2.05) is 0 Å². The Morgan fingerprint density at radius 1 is 1.42 bits per heavy atom. The van der Waals surface area contributed by atoms with Gasteiger partial charge in [-0.05, 0) is 30.6 Å². The van der Waals surface area contributed by atoms with Gasteiger partial charge in [0.05, 0.1) is 0 Å². The molecule has 0 bridgehead atoms. The number of rotatable bonds is 2. The van der Waals surface area contributed by atoms with Gasteiger partial charge in [0.15, 0.2) is 0 Å². The lowest BCUT2D eigenvalue weighted by atomic mass is 9.76. The summed E-state index contributed by atoms with van der Waals surface area (Å²) >= 11 is 0. The van der Waals surface area contributed by atoms with Crippen molar-refractivity contribution in [2.24, 2.45) is 17.1 Å². The van der Waals surface area contributed by atoms with Crippen molar-refractivity contribution in [1.29, 1.82) is 0 Å². The van der Waals surface area contributed by atoms with Gasteiger partial charge in [0.25, 0.3) is 0 Å². The third-order valence-electron chi connectivity index (χ3n) is 4.92. The van der Waals surface area contributed by atoms with Crippen molar-refractivity contribution in [2.45, 2.75) is 65.3 Å². The fourth-order valence-electron chi connectivity index (χ4n) is 3.83. The molecule has 0 spiro atoms. The Hall–Kier alpha value is -0.340. The quantitative estimate of drug-likeness (QED) is 0.773. The van der Waals surface area contributed by atoms with E-state index >= 15 is 0 Å². The summed E-state index contributed by atoms with van der Waals surface area (Å²) in [5.74, 6) is 0.809. The van der Waals surface area contributed by atoms with Crippen molar-refractivity contribution in [2.75, 3.05) is 19.6 Å². The van der Waals surface area contributed by atoms with E-state index < -0.39 is 0 Å². The molecule has 1 heterocycles. The molecule has 2 N–H and O–H groups in total. The van der Waals surface area contributed by atoms with Crippen molar-refractivity contribution in [1.82, 2.24) is 4.90 Å². The highest BCUT2D eigenvalue weighted by Crippen LogP contribution is 2.33. The fraction of sp³-hybridized carbons (Fsp3) is 0.882. The van der Waals surface area contributed by atoms with Gasteiger partial charge in [-0.1, -0.05) is 52.2 Å². The lowest BCUT2D eigenvalue weighted by molar-refractivity contribution is 0.154. The van der Waals surface area contributed by atoms with Crippen LogP contribution in [0.5, 0.6) is 0 Å². The summed E-state index contributed by atoms with van der Waals surface area (Å²) in [5, 5.41) is 0. The highest BCUT2D eigenvalue weighted by atomic mass is 15.1. The summed E-state index contributed by atoms with van der Waals surface area (Å²) in [6, 6.07) is 0. The Morgan fingerprint density at radius 2 is 2.16 bits per heavy atom. The number of nitrogens with two attached hydrogens (primary N) is 1. The van der Waals surface area contributed by atoms with Gasteiger partial charge in [-0.15, -0.1) is 0 Å². The first kappa shape index (κ1) is 15.1. The van der Waals surface area contributed by atoms with Gasteiger partial charge in [-0.25, -0.2) is 0 Å². The van der Waals surface area contributed by atoms with Crippen LogP contribution in [0.15, 0.2) is 11.6 Å². The Kier molecular flexibility index (Phi) is 4.42. The monoisotopic (exact) mass is 264 g/mol. The summed E-state index contributed by atoms with van der Waals surface area (Å²) < 4.78 is 0. The minimum Gasteiger partial charge on any atom is -0.324 e. The van der Waals surface area contributed by atoms with E-state index in [1.165, 1.54) is 38.6 Å². The Labute approximate surface area is 119 Å². The third kappa shape index (κ3) is 4.06. The predicted molar refractivity (Wildman–Crippen MR) is 83.1 cm³/mol. The van der Waals surface area contributed by atoms with Crippen molar-refractivity contribution in [3.8, 4) is 0 Å². The van der Waals surface area contributed by atoms with Gasteiger partial charge in [0.1, 0.15) is 0 Å². The molecule has 0 saturated heterocycles. The highest BCUT2D eigenvalue weighted by Gasteiger charge is 2.33. The molecule has 1 fully saturated rings. The van der Waals surface area contributed by atoms with E-state index in [2.05, 4.69) is 38.7 Å². The van der Waals surface area contributed by atoms with Crippen LogP contribution in [0.3, 0.4) is 0 Å². The first-order valence-electron chi connectivity index (χ1n) is 7.99. The summed E-state index contributed by atoms with van der Waals surface area (Å²) in [5.41, 5.74) is 8.67. The molecule has 0 aromatic carbocycles. The molecule has 110 valence electrons. The van der Waals surface area contributed by atoms with E-state index in [9.17, 15) is 0 Å². The Morgan fingerprint density at radius 3 is 2.68 bits per heavy atom. The smallest absolute Gasteiger partial charge is 0.0286 e. The minimum atomic E-state index is 0.0741. The molecule has 0 radical (unpaired) electrons. The molecule has 2 atom stereocenters. The zero-order chi connectivity index (χ0) is 14.1. The molecule has 2 unspecified atom stereocenters. The molecule has 1 aliphatic carbocycles. The van der Waals surface area contributed by atoms with Gasteiger partial charge in [-0.3, -0.25) is 4.90 Å². The third-order valence-corrected chi connectivity index (χ3v) is 4.92. The second-order valence-corrected chi connectivity index (χ2v) is 8.03. The lowest BCUT2D eigenvalue weighted by Crippen LogP contribution is -2.53. The van der Waals surface area contributed by atoms with Crippen LogP contribution in [0.4, 0.5) is 0 Å². The van der Waals surface area contributed by atoms with E-state index in [4.69, 9.17) is 5.73 Å². The summed E-state index contributed by atoms with van der Waals surface area (Å²) in [7, 11) is 0. The average molecular weight is 264 g/mol. The number of hydrogen-bond acceptors (Lipinski definition) is 2. The standard InChI is InChI=1S/C17H32N2/c1-14-6-5-9-17(18,12-14)13-19-10-7-15(8-11-19)16(2,3)4/h7,14H,5-6,8-13,18H2,1-4H3. The van der Waals surface area contributed by atoms with Gasteiger partial charge in [0, 0.05) is 25.2 Å². The number of hydrogen-bond donors (Lipinski definition) is 1. The van der Waals surface area contributed by atoms with Crippen LogP contribution >= 0.6 is 0 Å². The highest BCUT2D eigenvalue weighted by molar-refractivity contribution is 5.15. The van der Waals surface area contributed by atoms with Crippen LogP contribution in [-0.2, 0) is 0 Å². The number of nitrogens with zero attached hydrogens (tertiary/aromatic N) is 1. The molecule has 0 aromatic rings. The van der Waals surface area contributed by atoms with E-state index in [0.29, 0.717) is 5.41 Å². The first-order valence-corrected chi connectivity index (χ1v) is 7.99. The Bertz CT molecular complexity index is 340. The van der Waals surface area contributed by atoms with E-state index in [1.54, 1.807) is 5.57 Å². The molecule has 1 saturated carbocycles. The fourth-order valence-corrected chi connectivity index (χ4v) is 3.83. The molecule has 0 amide bonds. The molecule has 2 rings (SSSR count). The van der Waals surface area contributed by atoms with Crippen LogP contribution in [0.2, 0.25) is 0 Å². The van der Waals surface area contributed by atoms with Crippen molar-refractivity contribution >= 4 is 0 Å². The van der Waals surface area contributed by atoms with Crippen LogP contribution in [-0.4, -0.2) is 30.1 Å². The molecule has 2 heteroatoms. The van der Waals surface area contributed by atoms with Gasteiger partial charge < -0.3 is 5.73 Å². The summed E-state index contributed by atoms with van der Waals surface area (Å²) in [6.07, 6.45) is 8.76. The normalized spacial score (nSPS) is 34.2. The maximum Gasteiger partial charge on any atom is 0.0286 e. The van der Waals surface area contributed by atoms with Crippen LogP contribution in [0.1, 0.15) is 59.8 Å². The zero-order valence-electron chi connectivity index (χ0n) is 13.3. The van der Waals surface area contributed by atoms with Crippen molar-refractivity contribution in [3.05, 3.63) is 11.6 Å².